The first-order chi connectivity index (χ1) is 18.1. The Morgan fingerprint density at radius 3 is 2.58 bits per heavy atom. The lowest BCUT2D eigenvalue weighted by molar-refractivity contribution is -0.172. The third-order valence-corrected chi connectivity index (χ3v) is 9.52. The van der Waals surface area contributed by atoms with E-state index in [1.807, 2.05) is 0 Å². The molecule has 0 aromatic carbocycles. The maximum atomic E-state index is 14.4. The molecular weight excluding hydrogens is 501 g/mol. The number of alkyl halides is 2. The summed E-state index contributed by atoms with van der Waals surface area (Å²) in [5.41, 5.74) is 4.64. The number of carbonyl (C=O) groups excluding carboxylic acids is 2. The third-order valence-electron chi connectivity index (χ3n) is 9.52. The van der Waals surface area contributed by atoms with Gasteiger partial charge in [0.1, 0.15) is 0 Å². The van der Waals surface area contributed by atoms with E-state index in [-0.39, 0.29) is 53.3 Å². The molecule has 3 unspecified atom stereocenters. The number of amides is 2. The van der Waals surface area contributed by atoms with Gasteiger partial charge >= 0.3 is 0 Å². The van der Waals surface area contributed by atoms with Gasteiger partial charge in [0.15, 0.2) is 11.5 Å². The molecule has 2 saturated carbocycles. The van der Waals surface area contributed by atoms with E-state index in [1.54, 1.807) is 4.90 Å². The van der Waals surface area contributed by atoms with Gasteiger partial charge in [-0.25, -0.2) is 18.2 Å². The van der Waals surface area contributed by atoms with E-state index in [1.165, 1.54) is 19.2 Å². The van der Waals surface area contributed by atoms with Crippen molar-refractivity contribution in [3.63, 3.8) is 0 Å². The highest BCUT2D eigenvalue weighted by atomic mass is 19.3. The molecule has 12 heteroatoms. The van der Waals surface area contributed by atoms with Crippen molar-refractivity contribution in [3.05, 3.63) is 29.8 Å². The molecule has 2 aliphatic carbocycles. The summed E-state index contributed by atoms with van der Waals surface area (Å²) in [5, 5.41) is 9.89. The molecule has 0 radical (unpaired) electrons. The van der Waals surface area contributed by atoms with Crippen molar-refractivity contribution in [3.8, 4) is 17.1 Å². The maximum Gasteiger partial charge on any atom is 0.278 e. The minimum absolute atomic E-state index is 0.111. The van der Waals surface area contributed by atoms with Gasteiger partial charge in [-0.3, -0.25) is 14.7 Å². The number of piperidine rings is 1. The molecule has 3 atom stereocenters. The highest BCUT2D eigenvalue weighted by Crippen LogP contribution is 2.62. The van der Waals surface area contributed by atoms with Crippen molar-refractivity contribution >= 4 is 11.8 Å². The second-order valence-electron chi connectivity index (χ2n) is 11.3. The molecule has 2 saturated heterocycles. The van der Waals surface area contributed by atoms with Crippen LogP contribution in [-0.2, 0) is 4.79 Å². The zero-order valence-corrected chi connectivity index (χ0v) is 21.1. The highest BCUT2D eigenvalue weighted by Gasteiger charge is 2.67. The van der Waals surface area contributed by atoms with E-state index in [2.05, 4.69) is 20.5 Å². The number of halogens is 3. The molecule has 38 heavy (non-hydrogen) atoms. The third kappa shape index (κ3) is 3.78. The first kappa shape index (κ1) is 25.1. The van der Waals surface area contributed by atoms with Crippen LogP contribution in [0.25, 0.3) is 11.3 Å². The molecule has 2 spiro atoms. The summed E-state index contributed by atoms with van der Waals surface area (Å²) >= 11 is 0. The first-order valence-corrected chi connectivity index (χ1v) is 13.1. The lowest BCUT2D eigenvalue weighted by Crippen LogP contribution is -2.74. The number of ether oxygens (including phenoxy) is 1. The van der Waals surface area contributed by atoms with E-state index in [0.29, 0.717) is 57.2 Å². The van der Waals surface area contributed by atoms with Crippen molar-refractivity contribution in [2.24, 2.45) is 23.5 Å². The van der Waals surface area contributed by atoms with Gasteiger partial charge in [0.2, 0.25) is 11.8 Å². The van der Waals surface area contributed by atoms with Crippen LogP contribution in [0.2, 0.25) is 0 Å². The summed E-state index contributed by atoms with van der Waals surface area (Å²) in [6, 6.07) is 2.92. The number of pyridine rings is 1. The largest absolute Gasteiger partial charge is 0.481 e. The number of H-pyrrole nitrogens is 1. The Bertz CT molecular complexity index is 1280. The van der Waals surface area contributed by atoms with Crippen LogP contribution in [0.4, 0.5) is 13.2 Å². The number of rotatable bonds is 5. The second kappa shape index (κ2) is 8.69. The van der Waals surface area contributed by atoms with Gasteiger partial charge in [0.05, 0.1) is 31.1 Å². The zero-order valence-electron chi connectivity index (χ0n) is 21.1. The van der Waals surface area contributed by atoms with Gasteiger partial charge in [-0.1, -0.05) is 0 Å². The molecule has 204 valence electrons. The molecule has 6 rings (SSSR count). The number of hydrogen-bond acceptors (Lipinski definition) is 6. The average Bonchev–Trinajstić information content (AvgIpc) is 3.38. The van der Waals surface area contributed by atoms with Crippen molar-refractivity contribution in [2.75, 3.05) is 20.2 Å². The highest BCUT2D eigenvalue weighted by molar-refractivity contribution is 5.94. The number of hydrogen-bond donors (Lipinski definition) is 3. The van der Waals surface area contributed by atoms with Gasteiger partial charge < -0.3 is 20.7 Å². The molecule has 4 heterocycles. The number of methoxy groups -OCH3 is 1. The monoisotopic (exact) mass is 532 g/mol. The van der Waals surface area contributed by atoms with Crippen molar-refractivity contribution in [1.82, 2.24) is 25.4 Å². The van der Waals surface area contributed by atoms with Gasteiger partial charge in [-0.2, -0.15) is 5.10 Å². The Hall–Kier alpha value is -3.15. The van der Waals surface area contributed by atoms with E-state index >= 15 is 0 Å². The number of nitrogens with zero attached hydrogens (tertiary/aromatic N) is 3. The molecular formula is C26H31F3N6O3. The quantitative estimate of drug-likeness (QED) is 0.544. The Balaban J connectivity index is 1.23. The minimum atomic E-state index is -2.68. The van der Waals surface area contributed by atoms with Crippen LogP contribution in [0.15, 0.2) is 18.3 Å². The normalized spacial score (nSPS) is 33.7. The van der Waals surface area contributed by atoms with Crippen LogP contribution < -0.4 is 15.8 Å². The molecule has 4 aliphatic rings. The second-order valence-corrected chi connectivity index (χ2v) is 11.3. The van der Waals surface area contributed by atoms with Crippen molar-refractivity contribution in [2.45, 2.75) is 61.9 Å². The minimum Gasteiger partial charge on any atom is -0.481 e. The van der Waals surface area contributed by atoms with E-state index < -0.39 is 22.8 Å². The summed E-state index contributed by atoms with van der Waals surface area (Å²) in [6.07, 6.45) is 4.75. The smallest absolute Gasteiger partial charge is 0.278 e. The van der Waals surface area contributed by atoms with E-state index in [0.717, 1.165) is 6.20 Å². The number of likely N-dealkylation sites (tertiary alicyclic amines) is 1. The Morgan fingerprint density at radius 2 is 1.95 bits per heavy atom. The maximum absolute atomic E-state index is 14.4. The molecule has 2 aliphatic heterocycles. The van der Waals surface area contributed by atoms with Crippen LogP contribution in [0.5, 0.6) is 5.88 Å². The number of nitrogens with one attached hydrogen (secondary N) is 2. The number of aromatic amines is 1. The van der Waals surface area contributed by atoms with E-state index in [4.69, 9.17) is 10.5 Å². The predicted molar refractivity (Wildman–Crippen MR) is 130 cm³/mol. The molecule has 2 aromatic rings. The molecule has 2 amide bonds. The van der Waals surface area contributed by atoms with Gasteiger partial charge in [-0.15, -0.1) is 0 Å². The Morgan fingerprint density at radius 1 is 1.18 bits per heavy atom. The van der Waals surface area contributed by atoms with Gasteiger partial charge in [0.25, 0.3) is 11.8 Å². The summed E-state index contributed by atoms with van der Waals surface area (Å²) < 4.78 is 48.0. The lowest BCUT2D eigenvalue weighted by atomic mass is 9.67. The molecule has 4 N–H and O–H groups in total. The lowest BCUT2D eigenvalue weighted by Gasteiger charge is -2.54. The van der Waals surface area contributed by atoms with Gasteiger partial charge in [-0.05, 0) is 62.8 Å². The van der Waals surface area contributed by atoms with Gasteiger partial charge in [0, 0.05) is 29.6 Å². The van der Waals surface area contributed by atoms with Crippen LogP contribution in [0, 0.1) is 23.6 Å². The molecule has 2 aromatic heterocycles. The fourth-order valence-electron chi connectivity index (χ4n) is 7.16. The number of nitrogens with two attached hydrogens (primary N) is 1. The van der Waals surface area contributed by atoms with Crippen LogP contribution >= 0.6 is 0 Å². The standard InChI is InChI=1S/C26H31F3N6O3/c1-38-21-8-16(18(27)12-31-21)19-9-20(34-33-19)23(37)35-7-4-15(22(30)36)10-24(35)11-17(24)14-2-5-25(6-3-14)26(28,29)13-32-25/h8-9,12,14-15,17,32H,2-7,10-11,13H2,1H3,(H2,30,36)(H,33,34). The topological polar surface area (TPSA) is 126 Å². The fraction of sp³-hybridized carbons (Fsp3) is 0.615. The Kier molecular flexibility index (Phi) is 5.75. The molecule has 9 nitrogen and oxygen atoms in total. The van der Waals surface area contributed by atoms with Crippen molar-refractivity contribution < 1.29 is 27.5 Å². The average molecular weight is 533 g/mol. The molecule has 4 fully saturated rings. The summed E-state index contributed by atoms with van der Waals surface area (Å²) in [5.74, 6) is -3.78. The Labute approximate surface area is 217 Å². The van der Waals surface area contributed by atoms with Crippen LogP contribution in [0.1, 0.15) is 55.4 Å². The van der Waals surface area contributed by atoms with Crippen LogP contribution in [-0.4, -0.2) is 69.1 Å². The van der Waals surface area contributed by atoms with Crippen LogP contribution in [0.3, 0.4) is 0 Å². The number of primary amides is 1. The number of carbonyl (C=O) groups is 2. The zero-order chi connectivity index (χ0) is 26.9. The van der Waals surface area contributed by atoms with E-state index in [9.17, 15) is 22.8 Å². The summed E-state index contributed by atoms with van der Waals surface area (Å²) in [7, 11) is 1.42. The SMILES string of the molecule is COc1cc(-c2cc(C(=O)N3CCC(C(N)=O)CC34CC4C3CCC4(CC3)NCC4(F)F)n[nH]2)c(F)cn1. The summed E-state index contributed by atoms with van der Waals surface area (Å²) in [4.78, 5) is 31.5. The van der Waals surface area contributed by atoms with Crippen molar-refractivity contribution in [1.29, 1.82) is 0 Å². The first-order valence-electron chi connectivity index (χ1n) is 13.1. The number of aromatic nitrogens is 3. The fourth-order valence-corrected chi connectivity index (χ4v) is 7.16. The predicted octanol–water partition coefficient (Wildman–Crippen LogP) is 2.88. The summed E-state index contributed by atoms with van der Waals surface area (Å²) in [6.45, 7) is 0.0777. The molecule has 0 bridgehead atoms.